The topological polar surface area (TPSA) is 0 Å². The van der Waals surface area contributed by atoms with Gasteiger partial charge in [0.25, 0.3) is 0 Å². The molecule has 1 aliphatic carbocycles. The summed E-state index contributed by atoms with van der Waals surface area (Å²) < 4.78 is 0. The van der Waals surface area contributed by atoms with Crippen LogP contribution < -0.4 is 0 Å². The Hall–Kier alpha value is -1.04. The van der Waals surface area contributed by atoms with Crippen molar-refractivity contribution in [2.24, 2.45) is 0 Å². The molecule has 14 heavy (non-hydrogen) atoms. The van der Waals surface area contributed by atoms with Crippen LogP contribution in [0.5, 0.6) is 0 Å². The first-order valence-electron chi connectivity index (χ1n) is 5.53. The Balaban J connectivity index is 2.35. The number of hydrogen-bond donors (Lipinski definition) is 0. The van der Waals surface area contributed by atoms with Crippen LogP contribution in [0.1, 0.15) is 38.5 Å². The van der Waals surface area contributed by atoms with Crippen molar-refractivity contribution in [2.75, 3.05) is 0 Å². The van der Waals surface area contributed by atoms with Crippen LogP contribution in [0.25, 0.3) is 0 Å². The Morgan fingerprint density at radius 1 is 0.714 bits per heavy atom. The molecule has 75 valence electrons. The molecule has 0 amide bonds. The Morgan fingerprint density at radius 2 is 1.50 bits per heavy atom. The molecule has 0 aromatic heterocycles. The van der Waals surface area contributed by atoms with Gasteiger partial charge in [-0.2, -0.15) is 0 Å². The monoisotopic (exact) mass is 187 g/mol. The summed E-state index contributed by atoms with van der Waals surface area (Å²) in [4.78, 5) is 0. The quantitative estimate of drug-likeness (QED) is 0.494. The minimum absolute atomic E-state index is 1.04. The third-order valence-corrected chi connectivity index (χ3v) is 2.16. The standard InChI is InChI=1S/C14H19/c1-2-4-6-8-10-12-14-13-11-9-7-5-3-1/h1-2,5,7,10-12H,3-4,6,8,13-14H2. The lowest BCUT2D eigenvalue weighted by Crippen LogP contribution is -1.71. The molecule has 0 atom stereocenters. The average molecular weight is 187 g/mol. The highest BCUT2D eigenvalue weighted by molar-refractivity contribution is 5.00. The van der Waals surface area contributed by atoms with Gasteiger partial charge < -0.3 is 0 Å². The van der Waals surface area contributed by atoms with E-state index in [0.29, 0.717) is 0 Å². The van der Waals surface area contributed by atoms with Gasteiger partial charge in [-0.3, -0.25) is 0 Å². The van der Waals surface area contributed by atoms with Crippen LogP contribution in [0.3, 0.4) is 0 Å². The van der Waals surface area contributed by atoms with Gasteiger partial charge in [-0.05, 0) is 44.6 Å². The summed E-state index contributed by atoms with van der Waals surface area (Å²) in [6, 6.07) is 0. The van der Waals surface area contributed by atoms with Crippen LogP contribution in [0, 0.1) is 6.08 Å². The van der Waals surface area contributed by atoms with E-state index in [1.165, 1.54) is 19.3 Å². The summed E-state index contributed by atoms with van der Waals surface area (Å²) in [7, 11) is 0. The van der Waals surface area contributed by atoms with Crippen molar-refractivity contribution in [3.05, 3.63) is 48.6 Å². The van der Waals surface area contributed by atoms with E-state index in [0.717, 1.165) is 19.3 Å². The molecule has 0 bridgehead atoms. The van der Waals surface area contributed by atoms with E-state index < -0.39 is 0 Å². The predicted molar refractivity (Wildman–Crippen MR) is 62.9 cm³/mol. The van der Waals surface area contributed by atoms with Crippen molar-refractivity contribution >= 4 is 0 Å². The fraction of sp³-hybridized carbons (Fsp3) is 0.429. The highest BCUT2D eigenvalue weighted by Gasteiger charge is 1.82. The third kappa shape index (κ3) is 6.47. The summed E-state index contributed by atoms with van der Waals surface area (Å²) in [6.07, 6.45) is 25.5. The van der Waals surface area contributed by atoms with E-state index in [1.807, 2.05) is 6.08 Å². The highest BCUT2D eigenvalue weighted by Crippen LogP contribution is 2.02. The zero-order valence-electron chi connectivity index (χ0n) is 8.78. The van der Waals surface area contributed by atoms with Gasteiger partial charge in [-0.1, -0.05) is 42.5 Å². The van der Waals surface area contributed by atoms with Gasteiger partial charge in [0.2, 0.25) is 0 Å². The van der Waals surface area contributed by atoms with Gasteiger partial charge in [-0.15, -0.1) is 0 Å². The second kappa shape index (κ2) is 8.55. The van der Waals surface area contributed by atoms with Crippen LogP contribution >= 0.6 is 0 Å². The maximum Gasteiger partial charge on any atom is -0.0166 e. The summed E-state index contributed by atoms with van der Waals surface area (Å²) in [6.45, 7) is 0. The van der Waals surface area contributed by atoms with Gasteiger partial charge in [0.05, 0.1) is 0 Å². The number of allylic oxidation sites excluding steroid dienone is 8. The highest BCUT2D eigenvalue weighted by atomic mass is 13.9. The lowest BCUT2D eigenvalue weighted by molar-refractivity contribution is 0.860. The molecule has 0 fully saturated rings. The second-order valence-electron chi connectivity index (χ2n) is 3.46. The molecule has 0 unspecified atom stereocenters. The zero-order chi connectivity index (χ0) is 9.90. The largest absolute Gasteiger partial charge is 0.0885 e. The van der Waals surface area contributed by atoms with Gasteiger partial charge >= 0.3 is 0 Å². The molecule has 1 radical (unpaired) electrons. The molecular weight excluding hydrogens is 168 g/mol. The molecule has 0 heteroatoms. The van der Waals surface area contributed by atoms with Crippen molar-refractivity contribution in [3.63, 3.8) is 0 Å². The molecule has 0 nitrogen and oxygen atoms in total. The Morgan fingerprint density at radius 3 is 2.43 bits per heavy atom. The minimum atomic E-state index is 1.04. The molecule has 0 aliphatic heterocycles. The zero-order valence-corrected chi connectivity index (χ0v) is 8.78. The van der Waals surface area contributed by atoms with Gasteiger partial charge in [0.15, 0.2) is 0 Å². The van der Waals surface area contributed by atoms with Crippen LogP contribution in [-0.4, -0.2) is 0 Å². The summed E-state index contributed by atoms with van der Waals surface area (Å²) >= 11 is 0. The van der Waals surface area contributed by atoms with Crippen molar-refractivity contribution in [3.8, 4) is 0 Å². The van der Waals surface area contributed by atoms with E-state index >= 15 is 0 Å². The van der Waals surface area contributed by atoms with E-state index in [9.17, 15) is 0 Å². The SMILES string of the molecule is [C]1=CCCC=CCCCC=CCC=C1. The van der Waals surface area contributed by atoms with E-state index in [1.54, 1.807) is 0 Å². The smallest absolute Gasteiger partial charge is 0.0166 e. The fourth-order valence-corrected chi connectivity index (χ4v) is 1.35. The first-order valence-corrected chi connectivity index (χ1v) is 5.53. The van der Waals surface area contributed by atoms with Gasteiger partial charge in [-0.25, -0.2) is 0 Å². The molecular formula is C14H19. The van der Waals surface area contributed by atoms with Crippen LogP contribution in [-0.2, 0) is 0 Å². The van der Waals surface area contributed by atoms with Crippen LogP contribution in [0.15, 0.2) is 42.5 Å². The van der Waals surface area contributed by atoms with Crippen LogP contribution in [0.2, 0.25) is 0 Å². The maximum absolute atomic E-state index is 3.17. The van der Waals surface area contributed by atoms with E-state index in [-0.39, 0.29) is 0 Å². The second-order valence-corrected chi connectivity index (χ2v) is 3.46. The predicted octanol–water partition coefficient (Wildman–Crippen LogP) is 4.37. The molecule has 0 spiro atoms. The van der Waals surface area contributed by atoms with Crippen molar-refractivity contribution in [1.29, 1.82) is 0 Å². The van der Waals surface area contributed by atoms with E-state index in [4.69, 9.17) is 0 Å². The van der Waals surface area contributed by atoms with Crippen LogP contribution in [0.4, 0.5) is 0 Å². The van der Waals surface area contributed by atoms with Gasteiger partial charge in [0, 0.05) is 0 Å². The summed E-state index contributed by atoms with van der Waals surface area (Å²) in [5, 5.41) is 0. The Kier molecular flexibility index (Phi) is 6.74. The van der Waals surface area contributed by atoms with Crippen molar-refractivity contribution < 1.29 is 0 Å². The molecule has 0 heterocycles. The van der Waals surface area contributed by atoms with Crippen molar-refractivity contribution in [2.45, 2.75) is 38.5 Å². The Bertz CT molecular complexity index is 228. The first-order chi connectivity index (χ1) is 7.00. The average Bonchev–Trinajstić information content (AvgIpc) is 2.22. The van der Waals surface area contributed by atoms with E-state index in [2.05, 4.69) is 42.5 Å². The fourth-order valence-electron chi connectivity index (χ4n) is 1.35. The molecule has 1 aliphatic rings. The molecule has 1 rings (SSSR count). The molecule has 0 aromatic rings. The minimum Gasteiger partial charge on any atom is -0.0885 e. The summed E-state index contributed by atoms with van der Waals surface area (Å²) in [5.74, 6) is 0. The summed E-state index contributed by atoms with van der Waals surface area (Å²) in [5.41, 5.74) is 0. The molecule has 0 aromatic carbocycles. The van der Waals surface area contributed by atoms with Gasteiger partial charge in [0.1, 0.15) is 0 Å². The third-order valence-electron chi connectivity index (χ3n) is 2.16. The lowest BCUT2D eigenvalue weighted by Gasteiger charge is -1.91. The number of rotatable bonds is 0. The normalized spacial score (nSPS) is 19.4. The molecule has 0 saturated heterocycles. The maximum atomic E-state index is 3.17. The molecule has 0 saturated carbocycles. The number of hydrogen-bond acceptors (Lipinski definition) is 0. The first kappa shape index (κ1) is 11.0. The Labute approximate surface area is 87.7 Å². The lowest BCUT2D eigenvalue weighted by atomic mass is 10.2. The van der Waals surface area contributed by atoms with Crippen molar-refractivity contribution in [1.82, 2.24) is 0 Å². The molecule has 0 N–H and O–H groups in total.